The number of hydrogen-bond donors (Lipinski definition) is 1. The van der Waals surface area contributed by atoms with E-state index < -0.39 is 11.8 Å². The van der Waals surface area contributed by atoms with Crippen LogP contribution in [-0.4, -0.2) is 19.5 Å². The van der Waals surface area contributed by atoms with Gasteiger partial charge in [-0.05, 0) is 12.1 Å². The Morgan fingerprint density at radius 2 is 2.33 bits per heavy atom. The average Bonchev–Trinajstić information content (AvgIpc) is 2.26. The first kappa shape index (κ1) is 11.2. The molecule has 0 spiro atoms. The van der Waals surface area contributed by atoms with Gasteiger partial charge >= 0.3 is 12.4 Å². The molecular weight excluding hydrogens is 201 g/mol. The molecule has 0 aliphatic carbocycles. The van der Waals surface area contributed by atoms with E-state index in [1.54, 1.807) is 0 Å². The van der Waals surface area contributed by atoms with Gasteiger partial charge in [0, 0.05) is 12.1 Å². The van der Waals surface area contributed by atoms with Crippen LogP contribution in [0.15, 0.2) is 18.2 Å². The van der Waals surface area contributed by atoms with Gasteiger partial charge < -0.3 is 10.1 Å². The predicted molar refractivity (Wildman–Crippen MR) is 50.3 cm³/mol. The summed E-state index contributed by atoms with van der Waals surface area (Å²) in [4.78, 5) is 20.9. The first-order chi connectivity index (χ1) is 7.19. The highest BCUT2D eigenvalue weighted by molar-refractivity contribution is 5.89. The molecule has 0 unspecified atom stereocenters. The highest BCUT2D eigenvalue weighted by atomic mass is 19.1. The van der Waals surface area contributed by atoms with Crippen LogP contribution < -0.4 is 5.32 Å². The van der Waals surface area contributed by atoms with Crippen molar-refractivity contribution in [2.45, 2.75) is 6.54 Å². The van der Waals surface area contributed by atoms with Crippen LogP contribution in [-0.2, 0) is 16.1 Å². The fourth-order valence-electron chi connectivity index (χ4n) is 1.07. The normalized spacial score (nSPS) is 9.47. The smallest absolute Gasteiger partial charge is 0.337 e. The van der Waals surface area contributed by atoms with Gasteiger partial charge in [0.2, 0.25) is 0 Å². The van der Waals surface area contributed by atoms with Crippen LogP contribution >= 0.6 is 0 Å². The Morgan fingerprint density at radius 1 is 1.60 bits per heavy atom. The third-order valence-corrected chi connectivity index (χ3v) is 1.83. The van der Waals surface area contributed by atoms with E-state index in [9.17, 15) is 14.0 Å². The zero-order chi connectivity index (χ0) is 11.3. The number of rotatable bonds is 4. The van der Waals surface area contributed by atoms with E-state index in [2.05, 4.69) is 10.1 Å². The molecule has 0 aliphatic rings. The lowest BCUT2D eigenvalue weighted by Crippen LogP contribution is -2.11. The van der Waals surface area contributed by atoms with Gasteiger partial charge in [-0.25, -0.2) is 9.18 Å². The van der Waals surface area contributed by atoms with Crippen LogP contribution in [0.5, 0.6) is 0 Å². The molecule has 0 atom stereocenters. The average molecular weight is 210 g/mol. The molecule has 0 saturated carbocycles. The van der Waals surface area contributed by atoms with Gasteiger partial charge in [0.15, 0.2) is 0 Å². The highest BCUT2D eigenvalue weighted by Crippen LogP contribution is 2.11. The molecule has 1 radical (unpaired) electrons. The van der Waals surface area contributed by atoms with E-state index in [1.807, 2.05) is 0 Å². The molecule has 0 aliphatic heterocycles. The van der Waals surface area contributed by atoms with Crippen molar-refractivity contribution in [3.05, 3.63) is 35.1 Å². The number of nitrogens with one attached hydrogen (secondary N) is 1. The minimum absolute atomic E-state index is 0.0385. The van der Waals surface area contributed by atoms with Gasteiger partial charge in [-0.2, -0.15) is 0 Å². The molecule has 15 heavy (non-hydrogen) atoms. The molecule has 4 nitrogen and oxygen atoms in total. The topological polar surface area (TPSA) is 55.4 Å². The number of amides is 1. The van der Waals surface area contributed by atoms with Crippen molar-refractivity contribution < 1.29 is 18.7 Å². The van der Waals surface area contributed by atoms with Crippen molar-refractivity contribution in [1.82, 2.24) is 5.32 Å². The summed E-state index contributed by atoms with van der Waals surface area (Å²) in [7, 11) is 1.22. The first-order valence-electron chi connectivity index (χ1n) is 4.15. The van der Waals surface area contributed by atoms with Crippen molar-refractivity contribution >= 4 is 12.4 Å². The zero-order valence-corrected chi connectivity index (χ0v) is 8.04. The van der Waals surface area contributed by atoms with Crippen LogP contribution in [0, 0.1) is 5.82 Å². The SMILES string of the molecule is COC(=O)c1ccc(CN[C]=O)c(F)c1. The van der Waals surface area contributed by atoms with Crippen LogP contribution in [0.3, 0.4) is 0 Å². The number of benzene rings is 1. The number of carbonyl (C=O) groups is 1. The fraction of sp³-hybridized carbons (Fsp3) is 0.200. The van der Waals surface area contributed by atoms with Crippen molar-refractivity contribution in [3.8, 4) is 0 Å². The summed E-state index contributed by atoms with van der Waals surface area (Å²) in [6.45, 7) is 0.0385. The second-order valence-electron chi connectivity index (χ2n) is 2.75. The van der Waals surface area contributed by atoms with Crippen molar-refractivity contribution in [2.75, 3.05) is 7.11 Å². The maximum atomic E-state index is 13.3. The Kier molecular flexibility index (Phi) is 3.79. The zero-order valence-electron chi connectivity index (χ0n) is 8.04. The van der Waals surface area contributed by atoms with E-state index >= 15 is 0 Å². The molecule has 1 aromatic rings. The van der Waals surface area contributed by atoms with Gasteiger partial charge in [0.25, 0.3) is 0 Å². The maximum Gasteiger partial charge on any atom is 0.337 e. The molecule has 79 valence electrons. The Hall–Kier alpha value is -1.91. The number of esters is 1. The van der Waals surface area contributed by atoms with Crippen LogP contribution in [0.1, 0.15) is 15.9 Å². The molecule has 1 N–H and O–H groups in total. The van der Waals surface area contributed by atoms with Gasteiger partial charge in [-0.3, -0.25) is 4.79 Å². The molecule has 0 heterocycles. The summed E-state index contributed by atoms with van der Waals surface area (Å²) in [5, 5.41) is 2.21. The van der Waals surface area contributed by atoms with Crippen LogP contribution in [0.4, 0.5) is 4.39 Å². The van der Waals surface area contributed by atoms with E-state index in [1.165, 1.54) is 25.7 Å². The molecule has 0 fully saturated rings. The summed E-state index contributed by atoms with van der Waals surface area (Å²) in [6.07, 6.45) is 1.43. The summed E-state index contributed by atoms with van der Waals surface area (Å²) in [6, 6.07) is 3.90. The van der Waals surface area contributed by atoms with E-state index in [0.29, 0.717) is 0 Å². The summed E-state index contributed by atoms with van der Waals surface area (Å²) < 4.78 is 17.7. The molecule has 1 amide bonds. The van der Waals surface area contributed by atoms with Crippen molar-refractivity contribution in [3.63, 3.8) is 0 Å². The largest absolute Gasteiger partial charge is 0.465 e. The third-order valence-electron chi connectivity index (χ3n) is 1.83. The van der Waals surface area contributed by atoms with E-state index in [-0.39, 0.29) is 17.7 Å². The minimum Gasteiger partial charge on any atom is -0.465 e. The second kappa shape index (κ2) is 5.09. The Balaban J connectivity index is 2.87. The fourth-order valence-corrected chi connectivity index (χ4v) is 1.07. The third kappa shape index (κ3) is 2.77. The summed E-state index contributed by atoms with van der Waals surface area (Å²) in [5.41, 5.74) is 0.417. The second-order valence-corrected chi connectivity index (χ2v) is 2.75. The molecule has 1 aromatic carbocycles. The number of methoxy groups -OCH3 is 1. The van der Waals surface area contributed by atoms with Crippen LogP contribution in [0.25, 0.3) is 0 Å². The van der Waals surface area contributed by atoms with Crippen LogP contribution in [0.2, 0.25) is 0 Å². The summed E-state index contributed by atoms with van der Waals surface area (Å²) >= 11 is 0. The first-order valence-corrected chi connectivity index (χ1v) is 4.15. The monoisotopic (exact) mass is 210 g/mol. The van der Waals surface area contributed by atoms with Gasteiger partial charge in [0.05, 0.1) is 12.7 Å². The van der Waals surface area contributed by atoms with Crippen molar-refractivity contribution in [1.29, 1.82) is 0 Å². The molecular formula is C10H9FNO3. The number of ether oxygens (including phenoxy) is 1. The minimum atomic E-state index is -0.602. The van der Waals surface area contributed by atoms with Gasteiger partial charge in [0.1, 0.15) is 5.82 Å². The highest BCUT2D eigenvalue weighted by Gasteiger charge is 2.09. The molecule has 0 saturated heterocycles. The summed E-state index contributed by atoms with van der Waals surface area (Å²) in [5.74, 6) is -1.17. The van der Waals surface area contributed by atoms with E-state index in [0.717, 1.165) is 6.07 Å². The van der Waals surface area contributed by atoms with E-state index in [4.69, 9.17) is 0 Å². The standard InChI is InChI=1S/C10H9FNO3/c1-15-10(14)7-2-3-8(5-12-6-13)9(11)4-7/h2-4H,5H2,1H3,(H,12,13). The molecule has 1 rings (SSSR count). The van der Waals surface area contributed by atoms with Gasteiger partial charge in [-0.1, -0.05) is 6.07 Å². The predicted octanol–water partition coefficient (Wildman–Crippen LogP) is 0.769. The number of carbonyl (C=O) groups excluding carboxylic acids is 2. The number of hydrogen-bond acceptors (Lipinski definition) is 3. The molecule has 0 bridgehead atoms. The lowest BCUT2D eigenvalue weighted by Gasteiger charge is -2.03. The Labute approximate surface area is 86.0 Å². The quantitative estimate of drug-likeness (QED) is 0.590. The Bertz CT molecular complexity index is 379. The lowest BCUT2D eigenvalue weighted by atomic mass is 10.1. The van der Waals surface area contributed by atoms with Crippen molar-refractivity contribution in [2.24, 2.45) is 0 Å². The molecule has 5 heteroatoms. The van der Waals surface area contributed by atoms with Gasteiger partial charge in [-0.15, -0.1) is 0 Å². The molecule has 0 aromatic heterocycles. The lowest BCUT2D eigenvalue weighted by molar-refractivity contribution is 0.0600. The maximum absolute atomic E-state index is 13.3. The Morgan fingerprint density at radius 3 is 2.87 bits per heavy atom. The number of halogens is 1.